The molecule has 0 aliphatic carbocycles. The van der Waals surface area contributed by atoms with Crippen LogP contribution in [0.25, 0.3) is 10.8 Å². The molecular formula is C17H12BrF3N4O3. The highest BCUT2D eigenvalue weighted by molar-refractivity contribution is 9.10. The number of nitro benzene ring substituents is 1. The Hall–Kier alpha value is -2.95. The van der Waals surface area contributed by atoms with E-state index in [0.29, 0.717) is 21.3 Å². The summed E-state index contributed by atoms with van der Waals surface area (Å²) in [5.74, 6) is 0.225. The first-order valence-electron chi connectivity index (χ1n) is 7.87. The molecule has 1 heterocycles. The lowest BCUT2D eigenvalue weighted by Gasteiger charge is -2.17. The molecule has 0 fully saturated rings. The smallest absolute Gasteiger partial charge is 0.362 e. The van der Waals surface area contributed by atoms with E-state index in [1.54, 1.807) is 18.2 Å². The highest BCUT2D eigenvalue weighted by Gasteiger charge is 2.33. The highest BCUT2D eigenvalue weighted by atomic mass is 79.9. The van der Waals surface area contributed by atoms with Crippen molar-refractivity contribution in [3.05, 3.63) is 72.5 Å². The van der Waals surface area contributed by atoms with Gasteiger partial charge in [0.25, 0.3) is 11.2 Å². The van der Waals surface area contributed by atoms with Crippen LogP contribution in [-0.2, 0) is 6.18 Å². The Labute approximate surface area is 163 Å². The van der Waals surface area contributed by atoms with Gasteiger partial charge in [0.05, 0.1) is 21.9 Å². The molecule has 0 amide bonds. The van der Waals surface area contributed by atoms with Gasteiger partial charge in [-0.15, -0.1) is 0 Å². The molecule has 3 aromatic rings. The molecule has 11 heteroatoms. The number of halogens is 4. The number of rotatable bonds is 4. The van der Waals surface area contributed by atoms with Crippen LogP contribution in [0.2, 0.25) is 0 Å². The van der Waals surface area contributed by atoms with Crippen LogP contribution in [0.5, 0.6) is 0 Å². The second-order valence-corrected chi connectivity index (χ2v) is 6.94. The Morgan fingerprint density at radius 3 is 2.57 bits per heavy atom. The summed E-state index contributed by atoms with van der Waals surface area (Å²) in [6, 6.07) is 6.51. The molecule has 2 N–H and O–H groups in total. The molecule has 0 aliphatic heterocycles. The van der Waals surface area contributed by atoms with Gasteiger partial charge in [0.1, 0.15) is 0 Å². The normalized spacial score (nSPS) is 12.8. The fraction of sp³-hybridized carbons (Fsp3) is 0.176. The van der Waals surface area contributed by atoms with Crippen LogP contribution >= 0.6 is 15.9 Å². The predicted octanol–water partition coefficient (Wildman–Crippen LogP) is 4.79. The summed E-state index contributed by atoms with van der Waals surface area (Å²) in [4.78, 5) is 22.1. The second-order valence-electron chi connectivity index (χ2n) is 6.03. The Bertz CT molecular complexity index is 1130. The average molecular weight is 457 g/mol. The number of hydrogen-bond donors (Lipinski definition) is 2. The Morgan fingerprint density at radius 1 is 1.21 bits per heavy atom. The zero-order chi connectivity index (χ0) is 20.6. The number of aromatic amines is 1. The molecule has 0 saturated heterocycles. The Kier molecular flexibility index (Phi) is 5.11. The third-order valence-corrected chi connectivity index (χ3v) is 4.58. The van der Waals surface area contributed by atoms with Crippen molar-refractivity contribution in [1.29, 1.82) is 0 Å². The molecular weight excluding hydrogens is 445 g/mol. The van der Waals surface area contributed by atoms with Crippen molar-refractivity contribution < 1.29 is 18.1 Å². The first kappa shape index (κ1) is 19.8. The summed E-state index contributed by atoms with van der Waals surface area (Å²) in [7, 11) is 0. The average Bonchev–Trinajstić information content (AvgIpc) is 2.62. The Balaban J connectivity index is 2.05. The minimum absolute atomic E-state index is 0.0534. The number of H-pyrrole nitrogens is 1. The lowest BCUT2D eigenvalue weighted by Crippen LogP contribution is -2.15. The zero-order valence-corrected chi connectivity index (χ0v) is 15.8. The van der Waals surface area contributed by atoms with Gasteiger partial charge in [-0.2, -0.15) is 18.3 Å². The molecule has 1 atom stereocenters. The van der Waals surface area contributed by atoms with Crippen molar-refractivity contribution in [2.45, 2.75) is 19.1 Å². The van der Waals surface area contributed by atoms with E-state index in [0.717, 1.165) is 12.1 Å². The van der Waals surface area contributed by atoms with Crippen molar-refractivity contribution >= 4 is 38.2 Å². The van der Waals surface area contributed by atoms with Crippen LogP contribution in [0.4, 0.5) is 24.7 Å². The minimum Gasteiger partial charge on any atom is -0.362 e. The second kappa shape index (κ2) is 7.23. The maximum Gasteiger partial charge on any atom is 0.416 e. The lowest BCUT2D eigenvalue weighted by molar-refractivity contribution is -0.385. The maximum absolute atomic E-state index is 13.1. The molecule has 146 valence electrons. The standard InChI is InChI=1S/C17H12BrF3N4O3/c1-8(9-4-10(17(19,20)21)6-12(5-9)25(27)28)22-15-14-7-11(18)2-3-13(14)16(26)24-23-15/h2-8H,1H3,(H,22,23)(H,24,26)/t8-/m1/s1. The van der Waals surface area contributed by atoms with E-state index in [1.807, 2.05) is 0 Å². The van der Waals surface area contributed by atoms with Gasteiger partial charge in [0.15, 0.2) is 5.82 Å². The van der Waals surface area contributed by atoms with E-state index in [1.165, 1.54) is 6.92 Å². The third-order valence-electron chi connectivity index (χ3n) is 4.08. The molecule has 0 radical (unpaired) electrons. The summed E-state index contributed by atoms with van der Waals surface area (Å²) in [5.41, 5.74) is -2.15. The van der Waals surface area contributed by atoms with Crippen LogP contribution in [0.1, 0.15) is 24.1 Å². The van der Waals surface area contributed by atoms with Gasteiger partial charge < -0.3 is 5.32 Å². The fourth-order valence-electron chi connectivity index (χ4n) is 2.69. The van der Waals surface area contributed by atoms with Gasteiger partial charge in [-0.1, -0.05) is 15.9 Å². The van der Waals surface area contributed by atoms with Crippen molar-refractivity contribution in [2.75, 3.05) is 5.32 Å². The van der Waals surface area contributed by atoms with E-state index in [9.17, 15) is 28.1 Å². The zero-order valence-electron chi connectivity index (χ0n) is 14.2. The van der Waals surface area contributed by atoms with E-state index in [4.69, 9.17) is 0 Å². The number of fused-ring (bicyclic) bond motifs is 1. The summed E-state index contributed by atoms with van der Waals surface area (Å²) >= 11 is 3.29. The molecule has 7 nitrogen and oxygen atoms in total. The molecule has 3 rings (SSSR count). The largest absolute Gasteiger partial charge is 0.416 e. The van der Waals surface area contributed by atoms with E-state index in [-0.39, 0.29) is 11.4 Å². The predicted molar refractivity (Wildman–Crippen MR) is 100 cm³/mol. The molecule has 0 unspecified atom stereocenters. The topological polar surface area (TPSA) is 101 Å². The molecule has 0 spiro atoms. The molecule has 2 aromatic carbocycles. The molecule has 0 bridgehead atoms. The summed E-state index contributed by atoms with van der Waals surface area (Å²) in [5, 5.41) is 20.9. The van der Waals surface area contributed by atoms with Crippen LogP contribution in [0.3, 0.4) is 0 Å². The fourth-order valence-corrected chi connectivity index (χ4v) is 3.05. The number of hydrogen-bond acceptors (Lipinski definition) is 5. The number of nitrogens with one attached hydrogen (secondary N) is 2. The van der Waals surface area contributed by atoms with Crippen molar-refractivity contribution in [3.63, 3.8) is 0 Å². The maximum atomic E-state index is 13.1. The van der Waals surface area contributed by atoms with Gasteiger partial charge in [0, 0.05) is 22.0 Å². The van der Waals surface area contributed by atoms with E-state index < -0.39 is 34.0 Å². The number of nitro groups is 1. The van der Waals surface area contributed by atoms with Crippen LogP contribution < -0.4 is 10.9 Å². The summed E-state index contributed by atoms with van der Waals surface area (Å²) in [6.45, 7) is 1.54. The number of non-ortho nitro benzene ring substituents is 1. The van der Waals surface area contributed by atoms with Gasteiger partial charge in [-0.05, 0) is 36.8 Å². The van der Waals surface area contributed by atoms with Crippen molar-refractivity contribution in [1.82, 2.24) is 10.2 Å². The summed E-state index contributed by atoms with van der Waals surface area (Å²) in [6.07, 6.45) is -4.73. The van der Waals surface area contributed by atoms with Crippen LogP contribution in [0, 0.1) is 10.1 Å². The first-order chi connectivity index (χ1) is 13.1. The number of benzene rings is 2. The van der Waals surface area contributed by atoms with Crippen molar-refractivity contribution in [2.24, 2.45) is 0 Å². The number of aromatic nitrogens is 2. The van der Waals surface area contributed by atoms with Crippen LogP contribution in [-0.4, -0.2) is 15.1 Å². The third kappa shape index (κ3) is 3.98. The summed E-state index contributed by atoms with van der Waals surface area (Å²) < 4.78 is 40.0. The number of alkyl halides is 3. The van der Waals surface area contributed by atoms with Gasteiger partial charge in [0.2, 0.25) is 0 Å². The van der Waals surface area contributed by atoms with Crippen molar-refractivity contribution in [3.8, 4) is 0 Å². The van der Waals surface area contributed by atoms with E-state index in [2.05, 4.69) is 31.4 Å². The van der Waals surface area contributed by atoms with Gasteiger partial charge in [-0.3, -0.25) is 14.9 Å². The van der Waals surface area contributed by atoms with Gasteiger partial charge >= 0.3 is 6.18 Å². The monoisotopic (exact) mass is 456 g/mol. The number of anilines is 1. The molecule has 0 saturated carbocycles. The Morgan fingerprint density at radius 2 is 1.93 bits per heavy atom. The van der Waals surface area contributed by atoms with Gasteiger partial charge in [-0.25, -0.2) is 5.10 Å². The van der Waals surface area contributed by atoms with Crippen LogP contribution in [0.15, 0.2) is 45.7 Å². The SMILES string of the molecule is C[C@@H](Nc1n[nH]c(=O)c2ccc(Br)cc12)c1cc([N+](=O)[O-])cc(C(F)(F)F)c1. The first-order valence-corrected chi connectivity index (χ1v) is 8.66. The molecule has 0 aliphatic rings. The lowest BCUT2D eigenvalue weighted by atomic mass is 10.0. The molecule has 28 heavy (non-hydrogen) atoms. The quantitative estimate of drug-likeness (QED) is 0.434. The minimum atomic E-state index is -4.73. The number of nitrogens with zero attached hydrogens (tertiary/aromatic N) is 2. The highest BCUT2D eigenvalue weighted by Crippen LogP contribution is 2.35. The molecule has 1 aromatic heterocycles. The van der Waals surface area contributed by atoms with E-state index >= 15 is 0 Å².